The molecule has 1 amide bonds. The predicted molar refractivity (Wildman–Crippen MR) is 71.1 cm³/mol. The van der Waals surface area contributed by atoms with Crippen molar-refractivity contribution in [3.8, 4) is 0 Å². The monoisotopic (exact) mass is 282 g/mol. The lowest BCUT2D eigenvalue weighted by Crippen LogP contribution is -2.23. The van der Waals surface area contributed by atoms with Crippen molar-refractivity contribution in [1.82, 2.24) is 10.3 Å². The Bertz CT molecular complexity index is 583. The minimum Gasteiger partial charge on any atom is -0.444 e. The van der Waals surface area contributed by atoms with E-state index in [0.717, 1.165) is 0 Å². The summed E-state index contributed by atoms with van der Waals surface area (Å²) in [7, 11) is 0. The van der Waals surface area contributed by atoms with Gasteiger partial charge in [0.05, 0.1) is 23.3 Å². The van der Waals surface area contributed by atoms with Gasteiger partial charge in [-0.2, -0.15) is 0 Å². The molecule has 1 aromatic carbocycles. The van der Waals surface area contributed by atoms with Crippen molar-refractivity contribution in [2.24, 2.45) is 0 Å². The lowest BCUT2D eigenvalue weighted by atomic mass is 10.2. The van der Waals surface area contributed by atoms with Crippen LogP contribution >= 0.6 is 24.2 Å². The van der Waals surface area contributed by atoms with Gasteiger partial charge in [-0.05, 0) is 25.1 Å². The third-order valence-electron chi connectivity index (χ3n) is 2.26. The van der Waals surface area contributed by atoms with Crippen LogP contribution in [0.2, 0.25) is 5.02 Å². The molecule has 1 heterocycles. The molecule has 2 rings (SSSR count). The number of aromatic nitrogens is 1. The van der Waals surface area contributed by atoms with Crippen LogP contribution in [0.15, 0.2) is 33.7 Å². The van der Waals surface area contributed by atoms with Crippen LogP contribution in [0.4, 0.5) is 0 Å². The van der Waals surface area contributed by atoms with Crippen LogP contribution in [-0.4, -0.2) is 10.9 Å². The number of amides is 1. The van der Waals surface area contributed by atoms with E-state index in [1.165, 1.54) is 0 Å². The lowest BCUT2D eigenvalue weighted by Gasteiger charge is -2.05. The summed E-state index contributed by atoms with van der Waals surface area (Å²) >= 11 is 10.1. The molecule has 0 aliphatic rings. The van der Waals surface area contributed by atoms with Crippen molar-refractivity contribution >= 4 is 30.1 Å². The molecule has 0 saturated carbocycles. The number of oxazole rings is 1. The maximum Gasteiger partial charge on any atom is 0.253 e. The van der Waals surface area contributed by atoms with Crippen LogP contribution in [0.3, 0.4) is 0 Å². The standard InChI is InChI=1S/C12H11ClN2O2S/c1-7-5-14-11(17-7)6-15-12(16)9-4-8(18)2-3-10(9)13/h2-5,18H,6H2,1H3,(H,15,16). The summed E-state index contributed by atoms with van der Waals surface area (Å²) in [6, 6.07) is 4.97. The predicted octanol–water partition coefficient (Wildman–Crippen LogP) is 2.86. The van der Waals surface area contributed by atoms with E-state index in [1.807, 2.05) is 0 Å². The molecule has 18 heavy (non-hydrogen) atoms. The van der Waals surface area contributed by atoms with Crippen molar-refractivity contribution < 1.29 is 9.21 Å². The summed E-state index contributed by atoms with van der Waals surface area (Å²) in [5.74, 6) is 0.875. The van der Waals surface area contributed by atoms with Gasteiger partial charge in [-0.15, -0.1) is 12.6 Å². The van der Waals surface area contributed by atoms with Gasteiger partial charge in [0.2, 0.25) is 5.89 Å². The van der Waals surface area contributed by atoms with Crippen LogP contribution in [0.25, 0.3) is 0 Å². The molecule has 0 radical (unpaired) electrons. The number of halogens is 1. The summed E-state index contributed by atoms with van der Waals surface area (Å²) in [5.41, 5.74) is 0.382. The fraction of sp³-hybridized carbons (Fsp3) is 0.167. The minimum absolute atomic E-state index is 0.222. The molecule has 0 aliphatic heterocycles. The third kappa shape index (κ3) is 3.05. The quantitative estimate of drug-likeness (QED) is 0.851. The van der Waals surface area contributed by atoms with E-state index in [0.29, 0.717) is 27.1 Å². The minimum atomic E-state index is -0.285. The zero-order chi connectivity index (χ0) is 13.1. The van der Waals surface area contributed by atoms with Crippen molar-refractivity contribution in [3.63, 3.8) is 0 Å². The molecule has 94 valence electrons. The van der Waals surface area contributed by atoms with Crippen molar-refractivity contribution in [3.05, 3.63) is 46.6 Å². The number of carbonyl (C=O) groups is 1. The second-order valence-corrected chi connectivity index (χ2v) is 4.64. The number of nitrogens with zero attached hydrogens (tertiary/aromatic N) is 1. The highest BCUT2D eigenvalue weighted by Crippen LogP contribution is 2.19. The van der Waals surface area contributed by atoms with Gasteiger partial charge >= 0.3 is 0 Å². The molecule has 0 aliphatic carbocycles. The number of hydrogen-bond acceptors (Lipinski definition) is 4. The molecule has 6 heteroatoms. The Labute approximate surface area is 115 Å². The van der Waals surface area contributed by atoms with Gasteiger partial charge in [-0.1, -0.05) is 11.6 Å². The fourth-order valence-electron chi connectivity index (χ4n) is 1.42. The first-order valence-corrected chi connectivity index (χ1v) is 6.07. The van der Waals surface area contributed by atoms with E-state index in [1.54, 1.807) is 31.3 Å². The SMILES string of the molecule is Cc1cnc(CNC(=O)c2cc(S)ccc2Cl)o1. The molecule has 1 N–H and O–H groups in total. The summed E-state index contributed by atoms with van der Waals surface area (Å²) in [4.78, 5) is 16.6. The van der Waals surface area contributed by atoms with Crippen LogP contribution in [0.1, 0.15) is 22.0 Å². The van der Waals surface area contributed by atoms with E-state index in [2.05, 4.69) is 22.9 Å². The zero-order valence-corrected chi connectivity index (χ0v) is 11.3. The van der Waals surface area contributed by atoms with Crippen molar-refractivity contribution in [2.45, 2.75) is 18.4 Å². The first kappa shape index (κ1) is 13.0. The van der Waals surface area contributed by atoms with Gasteiger partial charge in [-0.25, -0.2) is 4.98 Å². The molecule has 2 aromatic rings. The number of nitrogens with one attached hydrogen (secondary N) is 1. The molecule has 0 bridgehead atoms. The van der Waals surface area contributed by atoms with Crippen LogP contribution < -0.4 is 5.32 Å². The molecule has 0 spiro atoms. The highest BCUT2D eigenvalue weighted by atomic mass is 35.5. The zero-order valence-electron chi connectivity index (χ0n) is 9.61. The molecule has 0 fully saturated rings. The topological polar surface area (TPSA) is 55.1 Å². The maximum atomic E-state index is 11.9. The lowest BCUT2D eigenvalue weighted by molar-refractivity contribution is 0.0947. The molecule has 0 saturated heterocycles. The molecule has 4 nitrogen and oxygen atoms in total. The average molecular weight is 283 g/mol. The number of aryl methyl sites for hydroxylation is 1. The number of benzene rings is 1. The molecule has 1 aromatic heterocycles. The Balaban J connectivity index is 2.05. The highest BCUT2D eigenvalue weighted by Gasteiger charge is 2.11. The number of carbonyl (C=O) groups excluding carboxylic acids is 1. The summed E-state index contributed by atoms with van der Waals surface area (Å²) in [6.45, 7) is 2.01. The van der Waals surface area contributed by atoms with Crippen LogP contribution in [0, 0.1) is 6.92 Å². The van der Waals surface area contributed by atoms with E-state index in [-0.39, 0.29) is 12.5 Å². The Kier molecular flexibility index (Phi) is 3.93. The second kappa shape index (κ2) is 5.46. The van der Waals surface area contributed by atoms with Gasteiger partial charge in [0.1, 0.15) is 5.76 Å². The fourth-order valence-corrected chi connectivity index (χ4v) is 1.83. The van der Waals surface area contributed by atoms with E-state index < -0.39 is 0 Å². The van der Waals surface area contributed by atoms with Gasteiger partial charge in [0, 0.05) is 4.90 Å². The maximum absolute atomic E-state index is 11.9. The molecular weight excluding hydrogens is 272 g/mol. The van der Waals surface area contributed by atoms with Crippen LogP contribution in [-0.2, 0) is 6.54 Å². The Morgan fingerprint density at radius 1 is 1.56 bits per heavy atom. The number of rotatable bonds is 3. The van der Waals surface area contributed by atoms with Crippen LogP contribution in [0.5, 0.6) is 0 Å². The normalized spacial score (nSPS) is 10.4. The van der Waals surface area contributed by atoms with E-state index >= 15 is 0 Å². The van der Waals surface area contributed by atoms with Gasteiger partial charge in [0.25, 0.3) is 5.91 Å². The Morgan fingerprint density at radius 3 is 3.00 bits per heavy atom. The number of hydrogen-bond donors (Lipinski definition) is 2. The Morgan fingerprint density at radius 2 is 2.33 bits per heavy atom. The second-order valence-electron chi connectivity index (χ2n) is 3.71. The van der Waals surface area contributed by atoms with Gasteiger partial charge in [0.15, 0.2) is 0 Å². The first-order chi connectivity index (χ1) is 8.56. The number of thiol groups is 1. The van der Waals surface area contributed by atoms with Gasteiger partial charge < -0.3 is 9.73 Å². The highest BCUT2D eigenvalue weighted by molar-refractivity contribution is 7.80. The summed E-state index contributed by atoms with van der Waals surface area (Å²) < 4.78 is 5.25. The summed E-state index contributed by atoms with van der Waals surface area (Å²) in [6.07, 6.45) is 1.60. The molecule has 0 atom stereocenters. The molecule has 0 unspecified atom stereocenters. The van der Waals surface area contributed by atoms with Crippen molar-refractivity contribution in [2.75, 3.05) is 0 Å². The summed E-state index contributed by atoms with van der Waals surface area (Å²) in [5, 5.41) is 3.07. The smallest absolute Gasteiger partial charge is 0.253 e. The van der Waals surface area contributed by atoms with E-state index in [9.17, 15) is 4.79 Å². The Hall–Kier alpha value is -1.46. The van der Waals surface area contributed by atoms with E-state index in [4.69, 9.17) is 16.0 Å². The van der Waals surface area contributed by atoms with Gasteiger partial charge in [-0.3, -0.25) is 4.79 Å². The van der Waals surface area contributed by atoms with Crippen molar-refractivity contribution in [1.29, 1.82) is 0 Å². The largest absolute Gasteiger partial charge is 0.444 e. The average Bonchev–Trinajstić information content (AvgIpc) is 2.75. The third-order valence-corrected chi connectivity index (χ3v) is 2.87. The first-order valence-electron chi connectivity index (χ1n) is 5.24. The molecular formula is C12H11ClN2O2S.